The Morgan fingerprint density at radius 2 is 2.22 bits per heavy atom. The van der Waals surface area contributed by atoms with Gasteiger partial charge in [0.2, 0.25) is 0 Å². The molecular weight excluding hydrogens is 266 g/mol. The van der Waals surface area contributed by atoms with E-state index in [4.69, 9.17) is 11.6 Å². The van der Waals surface area contributed by atoms with Crippen molar-refractivity contribution in [3.8, 4) is 0 Å². The van der Waals surface area contributed by atoms with Gasteiger partial charge in [0.1, 0.15) is 0 Å². The Labute approximate surface area is 117 Å². The molecule has 2 atom stereocenters. The van der Waals surface area contributed by atoms with Crippen LogP contribution in [0, 0.1) is 5.92 Å². The molecule has 4 heteroatoms. The van der Waals surface area contributed by atoms with Gasteiger partial charge in [0.05, 0.1) is 5.56 Å². The quantitative estimate of drug-likeness (QED) is 0.676. The highest BCUT2D eigenvalue weighted by molar-refractivity contribution is 7.98. The van der Waals surface area contributed by atoms with Crippen LogP contribution in [-0.2, 0) is 0 Å². The summed E-state index contributed by atoms with van der Waals surface area (Å²) in [6, 6.07) is 7.69. The zero-order valence-corrected chi connectivity index (χ0v) is 12.1. The predicted octanol–water partition coefficient (Wildman–Crippen LogP) is 3.55. The number of nitrogens with one attached hydrogen (secondary N) is 1. The maximum absolute atomic E-state index is 12.1. The van der Waals surface area contributed by atoms with E-state index in [2.05, 4.69) is 5.32 Å². The second-order valence-corrected chi connectivity index (χ2v) is 6.03. The van der Waals surface area contributed by atoms with Crippen LogP contribution in [0.15, 0.2) is 29.2 Å². The van der Waals surface area contributed by atoms with Crippen LogP contribution in [0.4, 0.5) is 0 Å². The summed E-state index contributed by atoms with van der Waals surface area (Å²) in [4.78, 5) is 13.1. The average Bonchev–Trinajstić information content (AvgIpc) is 2.81. The number of hydrogen-bond donors (Lipinski definition) is 1. The largest absolute Gasteiger partial charge is 0.352 e. The Kier molecular flexibility index (Phi) is 4.95. The summed E-state index contributed by atoms with van der Waals surface area (Å²) in [7, 11) is 0. The summed E-state index contributed by atoms with van der Waals surface area (Å²) >= 11 is 7.81. The van der Waals surface area contributed by atoms with E-state index in [0.717, 1.165) is 23.3 Å². The number of carbonyl (C=O) groups is 1. The fourth-order valence-corrected chi connectivity index (χ4v) is 3.34. The van der Waals surface area contributed by atoms with Crippen LogP contribution < -0.4 is 5.32 Å². The lowest BCUT2D eigenvalue weighted by atomic mass is 10.1. The molecule has 1 saturated carbocycles. The van der Waals surface area contributed by atoms with Gasteiger partial charge in [-0.05, 0) is 37.1 Å². The normalized spacial score (nSPS) is 23.0. The van der Waals surface area contributed by atoms with E-state index in [9.17, 15) is 4.79 Å². The first-order valence-corrected chi connectivity index (χ1v) is 7.93. The molecule has 0 heterocycles. The lowest BCUT2D eigenvalue weighted by molar-refractivity contribution is 0.0944. The molecule has 1 fully saturated rings. The third-order valence-electron chi connectivity index (χ3n) is 3.44. The van der Waals surface area contributed by atoms with Crippen LogP contribution in [0.25, 0.3) is 0 Å². The summed E-state index contributed by atoms with van der Waals surface area (Å²) in [5.74, 6) is 0.438. The number of alkyl halides is 1. The molecule has 1 N–H and O–H groups in total. The van der Waals surface area contributed by atoms with Crippen molar-refractivity contribution in [1.82, 2.24) is 5.32 Å². The average molecular weight is 284 g/mol. The maximum atomic E-state index is 12.1. The summed E-state index contributed by atoms with van der Waals surface area (Å²) in [6.45, 7) is 0.690. The standard InChI is InChI=1S/C14H18ClNOS/c1-18-13-8-3-2-6-11(13)14(17)16-9-10-5-4-7-12(10)15/h2-3,6,8,10,12H,4-5,7,9H2,1H3,(H,16,17). The number of thioether (sulfide) groups is 1. The van der Waals surface area contributed by atoms with E-state index in [1.807, 2.05) is 30.5 Å². The highest BCUT2D eigenvalue weighted by atomic mass is 35.5. The Balaban J connectivity index is 1.95. The fourth-order valence-electron chi connectivity index (χ4n) is 2.37. The first kappa shape index (κ1) is 13.8. The molecule has 0 aromatic heterocycles. The first-order valence-electron chi connectivity index (χ1n) is 6.27. The molecule has 1 aliphatic rings. The summed E-state index contributed by atoms with van der Waals surface area (Å²) in [5.41, 5.74) is 0.758. The maximum Gasteiger partial charge on any atom is 0.252 e. The number of amides is 1. The van der Waals surface area contributed by atoms with E-state index in [1.165, 1.54) is 6.42 Å². The molecule has 0 radical (unpaired) electrons. The number of carbonyl (C=O) groups excluding carboxylic acids is 1. The predicted molar refractivity (Wildman–Crippen MR) is 77.5 cm³/mol. The minimum absolute atomic E-state index is 0.00992. The fraction of sp³-hybridized carbons (Fsp3) is 0.500. The van der Waals surface area contributed by atoms with Crippen molar-refractivity contribution in [3.63, 3.8) is 0 Å². The van der Waals surface area contributed by atoms with Crippen LogP contribution in [-0.4, -0.2) is 24.1 Å². The van der Waals surface area contributed by atoms with E-state index < -0.39 is 0 Å². The molecule has 18 heavy (non-hydrogen) atoms. The van der Waals surface area contributed by atoms with E-state index in [0.29, 0.717) is 12.5 Å². The van der Waals surface area contributed by atoms with Gasteiger partial charge in [0.15, 0.2) is 0 Å². The van der Waals surface area contributed by atoms with Gasteiger partial charge >= 0.3 is 0 Å². The molecule has 2 nitrogen and oxygen atoms in total. The minimum Gasteiger partial charge on any atom is -0.352 e. The highest BCUT2D eigenvalue weighted by Gasteiger charge is 2.25. The number of rotatable bonds is 4. The van der Waals surface area contributed by atoms with Crippen LogP contribution >= 0.6 is 23.4 Å². The zero-order valence-electron chi connectivity index (χ0n) is 10.5. The topological polar surface area (TPSA) is 29.1 Å². The zero-order chi connectivity index (χ0) is 13.0. The van der Waals surface area contributed by atoms with E-state index in [-0.39, 0.29) is 11.3 Å². The molecule has 1 aliphatic carbocycles. The summed E-state index contributed by atoms with van der Waals surface area (Å²) < 4.78 is 0. The SMILES string of the molecule is CSc1ccccc1C(=O)NCC1CCCC1Cl. The lowest BCUT2D eigenvalue weighted by Gasteiger charge is -2.15. The van der Waals surface area contributed by atoms with Gasteiger partial charge in [0.25, 0.3) is 5.91 Å². The number of benzene rings is 1. The highest BCUT2D eigenvalue weighted by Crippen LogP contribution is 2.29. The third-order valence-corrected chi connectivity index (χ3v) is 4.81. The smallest absolute Gasteiger partial charge is 0.252 e. The van der Waals surface area contributed by atoms with Crippen molar-refractivity contribution in [1.29, 1.82) is 0 Å². The molecule has 0 saturated heterocycles. The molecule has 2 rings (SSSR count). The van der Waals surface area contributed by atoms with Crippen LogP contribution in [0.5, 0.6) is 0 Å². The van der Waals surface area contributed by atoms with Gasteiger partial charge in [-0.15, -0.1) is 23.4 Å². The lowest BCUT2D eigenvalue weighted by Crippen LogP contribution is -2.31. The van der Waals surface area contributed by atoms with E-state index >= 15 is 0 Å². The first-order chi connectivity index (χ1) is 8.72. The van der Waals surface area contributed by atoms with Crippen molar-refractivity contribution in [2.45, 2.75) is 29.5 Å². The summed E-state index contributed by atoms with van der Waals surface area (Å²) in [5, 5.41) is 3.23. The number of hydrogen-bond acceptors (Lipinski definition) is 2. The minimum atomic E-state index is 0.00992. The Hall–Kier alpha value is -0.670. The van der Waals surface area contributed by atoms with Gasteiger partial charge in [-0.3, -0.25) is 4.79 Å². The Morgan fingerprint density at radius 1 is 1.44 bits per heavy atom. The molecule has 1 amide bonds. The monoisotopic (exact) mass is 283 g/mol. The molecule has 98 valence electrons. The van der Waals surface area contributed by atoms with Crippen LogP contribution in [0.3, 0.4) is 0 Å². The van der Waals surface area contributed by atoms with Crippen molar-refractivity contribution in [2.75, 3.05) is 12.8 Å². The third kappa shape index (κ3) is 3.21. The molecular formula is C14H18ClNOS. The summed E-state index contributed by atoms with van der Waals surface area (Å²) in [6.07, 6.45) is 5.36. The second kappa shape index (κ2) is 6.48. The Bertz CT molecular complexity index is 424. The van der Waals surface area contributed by atoms with Crippen molar-refractivity contribution >= 4 is 29.3 Å². The molecule has 0 bridgehead atoms. The van der Waals surface area contributed by atoms with Crippen LogP contribution in [0.1, 0.15) is 29.6 Å². The molecule has 0 aliphatic heterocycles. The van der Waals surface area contributed by atoms with Gasteiger partial charge < -0.3 is 5.32 Å². The van der Waals surface area contributed by atoms with Gasteiger partial charge in [-0.25, -0.2) is 0 Å². The van der Waals surface area contributed by atoms with Gasteiger partial charge in [-0.2, -0.15) is 0 Å². The van der Waals surface area contributed by atoms with Crippen molar-refractivity contribution in [2.24, 2.45) is 5.92 Å². The molecule has 0 spiro atoms. The van der Waals surface area contributed by atoms with Crippen molar-refractivity contribution < 1.29 is 4.79 Å². The van der Waals surface area contributed by atoms with Crippen molar-refractivity contribution in [3.05, 3.63) is 29.8 Å². The molecule has 1 aromatic carbocycles. The van der Waals surface area contributed by atoms with Crippen LogP contribution in [0.2, 0.25) is 0 Å². The Morgan fingerprint density at radius 3 is 2.89 bits per heavy atom. The van der Waals surface area contributed by atoms with E-state index in [1.54, 1.807) is 11.8 Å². The molecule has 1 aromatic rings. The molecule has 2 unspecified atom stereocenters. The number of halogens is 1. The second-order valence-electron chi connectivity index (χ2n) is 4.62. The van der Waals surface area contributed by atoms with Gasteiger partial charge in [0, 0.05) is 16.8 Å². The van der Waals surface area contributed by atoms with Gasteiger partial charge in [-0.1, -0.05) is 18.6 Å².